The molecule has 3 aromatic carbocycles. The van der Waals surface area contributed by atoms with Crippen molar-refractivity contribution in [3.8, 4) is 0 Å². The van der Waals surface area contributed by atoms with Gasteiger partial charge in [0.15, 0.2) is 6.04 Å². The summed E-state index contributed by atoms with van der Waals surface area (Å²) in [5.74, 6) is -1.27. The summed E-state index contributed by atoms with van der Waals surface area (Å²) in [5.41, 5.74) is 2.58. The average Bonchev–Trinajstić information content (AvgIpc) is 2.88. The summed E-state index contributed by atoms with van der Waals surface area (Å²) in [4.78, 5) is 48.6. The van der Waals surface area contributed by atoms with Crippen LogP contribution < -0.4 is 16.3 Å². The molecular formula is C24H18N6O5. The van der Waals surface area contributed by atoms with E-state index >= 15 is 0 Å². The molecule has 174 valence electrons. The number of hydrogen-bond donors (Lipinski definition) is 3. The molecule has 4 aromatic rings. The fourth-order valence-corrected chi connectivity index (χ4v) is 3.37. The molecule has 1 unspecified atom stereocenters. The van der Waals surface area contributed by atoms with Gasteiger partial charge in [-0.15, -0.1) is 0 Å². The van der Waals surface area contributed by atoms with Crippen molar-refractivity contribution in [2.45, 2.75) is 6.04 Å². The molecule has 35 heavy (non-hydrogen) atoms. The molecule has 0 aliphatic carbocycles. The molecule has 0 saturated carbocycles. The Bertz CT molecular complexity index is 1500. The summed E-state index contributed by atoms with van der Waals surface area (Å²) in [6.07, 6.45) is 1.24. The number of aromatic amines is 1. The number of rotatable bonds is 7. The number of nitro benzene ring substituents is 1. The molecule has 4 rings (SSSR count). The standard InChI is InChI=1S/C24H18N6O5/c31-22(16-8-2-1-3-9-16)26-21(20-18-11-4-5-12-19(18)23(32)29-27-20)24(33)28-25-14-15-7-6-10-17(13-15)30(34)35/h1-14,21H,(H,26,31)(H,28,33)(H,29,32)/b25-14+. The first-order valence-electron chi connectivity index (χ1n) is 10.3. The minimum Gasteiger partial charge on any atom is -0.335 e. The zero-order valence-corrected chi connectivity index (χ0v) is 18.0. The van der Waals surface area contributed by atoms with Crippen LogP contribution in [-0.4, -0.2) is 33.1 Å². The first kappa shape index (κ1) is 23.0. The molecule has 0 aliphatic rings. The molecular weight excluding hydrogens is 452 g/mol. The maximum atomic E-state index is 13.1. The van der Waals surface area contributed by atoms with Gasteiger partial charge in [-0.05, 0) is 18.2 Å². The highest BCUT2D eigenvalue weighted by Gasteiger charge is 2.27. The number of aromatic nitrogens is 2. The fraction of sp³-hybridized carbons (Fsp3) is 0.0417. The van der Waals surface area contributed by atoms with E-state index in [1.54, 1.807) is 60.7 Å². The summed E-state index contributed by atoms with van der Waals surface area (Å²) in [6.45, 7) is 0. The number of carbonyl (C=O) groups is 2. The van der Waals surface area contributed by atoms with Crippen LogP contribution in [0.2, 0.25) is 0 Å². The SMILES string of the molecule is O=C(NC(C(=O)N/N=C/c1cccc([N+](=O)[O-])c1)c1n[nH]c(=O)c2ccccc12)c1ccccc1. The molecule has 0 bridgehead atoms. The molecule has 0 fully saturated rings. The van der Waals surface area contributed by atoms with Gasteiger partial charge in [-0.1, -0.05) is 48.5 Å². The lowest BCUT2D eigenvalue weighted by molar-refractivity contribution is -0.384. The predicted octanol–water partition coefficient (Wildman–Crippen LogP) is 2.45. The van der Waals surface area contributed by atoms with Crippen LogP contribution in [0.5, 0.6) is 0 Å². The number of carbonyl (C=O) groups excluding carboxylic acids is 2. The molecule has 3 N–H and O–H groups in total. The predicted molar refractivity (Wildman–Crippen MR) is 128 cm³/mol. The van der Waals surface area contributed by atoms with Crippen molar-refractivity contribution >= 4 is 34.5 Å². The van der Waals surface area contributed by atoms with Crippen molar-refractivity contribution < 1.29 is 14.5 Å². The Hall–Kier alpha value is -5.19. The molecule has 2 amide bonds. The Morgan fingerprint density at radius 3 is 2.46 bits per heavy atom. The van der Waals surface area contributed by atoms with E-state index in [1.807, 2.05) is 0 Å². The van der Waals surface area contributed by atoms with E-state index in [0.29, 0.717) is 21.9 Å². The number of benzene rings is 3. The molecule has 1 heterocycles. The highest BCUT2D eigenvalue weighted by molar-refractivity contribution is 5.99. The number of hydrazone groups is 1. The number of nitrogens with one attached hydrogen (secondary N) is 3. The lowest BCUT2D eigenvalue weighted by Gasteiger charge is -2.18. The quantitative estimate of drug-likeness (QED) is 0.214. The lowest BCUT2D eigenvalue weighted by Crippen LogP contribution is -2.40. The van der Waals surface area contributed by atoms with Crippen molar-refractivity contribution in [2.24, 2.45) is 5.10 Å². The Morgan fingerprint density at radius 2 is 1.71 bits per heavy atom. The molecule has 11 heteroatoms. The summed E-state index contributed by atoms with van der Waals surface area (Å²) < 4.78 is 0. The minimum atomic E-state index is -1.31. The van der Waals surface area contributed by atoms with Gasteiger partial charge in [0, 0.05) is 28.6 Å². The summed E-state index contributed by atoms with van der Waals surface area (Å²) in [6, 6.07) is 19.2. The molecule has 0 aliphatic heterocycles. The van der Waals surface area contributed by atoms with Crippen molar-refractivity contribution in [1.29, 1.82) is 0 Å². The number of fused-ring (bicyclic) bond motifs is 1. The molecule has 0 saturated heterocycles. The zero-order valence-electron chi connectivity index (χ0n) is 18.0. The van der Waals surface area contributed by atoms with Crippen molar-refractivity contribution in [3.05, 3.63) is 116 Å². The third kappa shape index (κ3) is 5.25. The first-order valence-corrected chi connectivity index (χ1v) is 10.3. The van der Waals surface area contributed by atoms with Gasteiger partial charge in [-0.2, -0.15) is 10.2 Å². The number of amides is 2. The van der Waals surface area contributed by atoms with Crippen LogP contribution in [0.3, 0.4) is 0 Å². The van der Waals surface area contributed by atoms with E-state index in [-0.39, 0.29) is 11.4 Å². The third-order valence-electron chi connectivity index (χ3n) is 5.04. The van der Waals surface area contributed by atoms with E-state index in [4.69, 9.17) is 0 Å². The number of nitrogens with zero attached hydrogens (tertiary/aromatic N) is 3. The maximum absolute atomic E-state index is 13.1. The van der Waals surface area contributed by atoms with Crippen LogP contribution in [0, 0.1) is 10.1 Å². The number of hydrogen-bond acceptors (Lipinski definition) is 7. The van der Waals surface area contributed by atoms with Crippen molar-refractivity contribution in [2.75, 3.05) is 0 Å². The Balaban J connectivity index is 1.65. The zero-order chi connectivity index (χ0) is 24.8. The highest BCUT2D eigenvalue weighted by atomic mass is 16.6. The lowest BCUT2D eigenvalue weighted by atomic mass is 10.0. The van der Waals surface area contributed by atoms with Gasteiger partial charge in [0.05, 0.1) is 16.5 Å². The Kier molecular flexibility index (Phi) is 6.68. The molecule has 0 radical (unpaired) electrons. The second-order valence-corrected chi connectivity index (χ2v) is 7.34. The van der Waals surface area contributed by atoms with Gasteiger partial charge in [-0.25, -0.2) is 10.5 Å². The van der Waals surface area contributed by atoms with Crippen molar-refractivity contribution in [3.63, 3.8) is 0 Å². The third-order valence-corrected chi connectivity index (χ3v) is 5.04. The molecule has 1 aromatic heterocycles. The summed E-state index contributed by atoms with van der Waals surface area (Å²) in [5, 5.41) is 24.5. The van der Waals surface area contributed by atoms with Crippen LogP contribution in [0.1, 0.15) is 27.7 Å². The van der Waals surface area contributed by atoms with E-state index in [9.17, 15) is 24.5 Å². The van der Waals surface area contributed by atoms with Gasteiger partial charge >= 0.3 is 0 Å². The maximum Gasteiger partial charge on any atom is 0.272 e. The van der Waals surface area contributed by atoms with Crippen LogP contribution in [0.15, 0.2) is 88.8 Å². The van der Waals surface area contributed by atoms with Crippen molar-refractivity contribution in [1.82, 2.24) is 20.9 Å². The second kappa shape index (κ2) is 10.2. The summed E-state index contributed by atoms with van der Waals surface area (Å²) >= 11 is 0. The van der Waals surface area contributed by atoms with Gasteiger partial charge in [0.1, 0.15) is 5.69 Å². The minimum absolute atomic E-state index is 0.118. The highest BCUT2D eigenvalue weighted by Crippen LogP contribution is 2.20. The van der Waals surface area contributed by atoms with Crippen LogP contribution in [-0.2, 0) is 4.79 Å². The second-order valence-electron chi connectivity index (χ2n) is 7.34. The van der Waals surface area contributed by atoms with E-state index in [1.165, 1.54) is 24.4 Å². The van der Waals surface area contributed by atoms with Crippen LogP contribution >= 0.6 is 0 Å². The number of H-pyrrole nitrogens is 1. The smallest absolute Gasteiger partial charge is 0.272 e. The van der Waals surface area contributed by atoms with Gasteiger partial charge in [0.2, 0.25) is 0 Å². The average molecular weight is 470 g/mol. The number of nitro groups is 1. The fourth-order valence-electron chi connectivity index (χ4n) is 3.37. The normalized spacial score (nSPS) is 11.8. The first-order chi connectivity index (χ1) is 16.9. The van der Waals surface area contributed by atoms with Gasteiger partial charge < -0.3 is 5.32 Å². The molecule has 11 nitrogen and oxygen atoms in total. The van der Waals surface area contributed by atoms with Crippen LogP contribution in [0.4, 0.5) is 5.69 Å². The number of non-ortho nitro benzene ring substituents is 1. The topological polar surface area (TPSA) is 159 Å². The van der Waals surface area contributed by atoms with Gasteiger partial charge in [-0.3, -0.25) is 24.5 Å². The Morgan fingerprint density at radius 1 is 1.00 bits per heavy atom. The monoisotopic (exact) mass is 470 g/mol. The van der Waals surface area contributed by atoms with Gasteiger partial charge in [0.25, 0.3) is 23.1 Å². The Labute approximate surface area is 197 Å². The summed E-state index contributed by atoms with van der Waals surface area (Å²) in [7, 11) is 0. The largest absolute Gasteiger partial charge is 0.335 e. The van der Waals surface area contributed by atoms with E-state index in [2.05, 4.69) is 26.0 Å². The van der Waals surface area contributed by atoms with Crippen LogP contribution in [0.25, 0.3) is 10.8 Å². The van der Waals surface area contributed by atoms with E-state index in [0.717, 1.165) is 0 Å². The molecule has 0 spiro atoms. The van der Waals surface area contributed by atoms with E-state index < -0.39 is 28.3 Å². The molecule has 1 atom stereocenters.